The molecule has 6 heteroatoms. The zero-order valence-electron chi connectivity index (χ0n) is 14.0. The number of benzene rings is 3. The Morgan fingerprint density at radius 1 is 0.889 bits per heavy atom. The maximum Gasteiger partial charge on any atom is 0.365 e. The van der Waals surface area contributed by atoms with Crippen LogP contribution in [0.3, 0.4) is 0 Å². The smallest absolute Gasteiger partial charge is 0.326 e. The zero-order valence-corrected chi connectivity index (χ0v) is 14.8. The lowest BCUT2D eigenvalue weighted by Gasteiger charge is -2.13. The second kappa shape index (κ2) is 7.05. The van der Waals surface area contributed by atoms with Crippen molar-refractivity contribution in [1.82, 2.24) is 9.71 Å². The first-order chi connectivity index (χ1) is 13.1. The standard InChI is InChI=1S/C21H13ClN2O3/c22-17-12-6-4-10-15(17)21(26)27-24-19(14-8-2-1-3-9-14)23-18-13-7-5-11-16(18)20(24)25/h1-13H. The zero-order chi connectivity index (χ0) is 18.8. The molecule has 0 aliphatic rings. The van der Waals surface area contributed by atoms with Gasteiger partial charge in [0, 0.05) is 5.56 Å². The quantitative estimate of drug-likeness (QED) is 0.542. The fourth-order valence-corrected chi connectivity index (χ4v) is 2.94. The monoisotopic (exact) mass is 376 g/mol. The molecule has 5 nitrogen and oxygen atoms in total. The Kier molecular flexibility index (Phi) is 4.44. The van der Waals surface area contributed by atoms with Gasteiger partial charge in [0.15, 0.2) is 5.82 Å². The van der Waals surface area contributed by atoms with Gasteiger partial charge in [-0.05, 0) is 24.3 Å². The van der Waals surface area contributed by atoms with Crippen LogP contribution in [0.5, 0.6) is 0 Å². The van der Waals surface area contributed by atoms with Crippen molar-refractivity contribution >= 4 is 28.5 Å². The molecule has 0 N–H and O–H groups in total. The van der Waals surface area contributed by atoms with Gasteiger partial charge in [-0.3, -0.25) is 4.79 Å². The van der Waals surface area contributed by atoms with Gasteiger partial charge in [-0.2, -0.15) is 0 Å². The van der Waals surface area contributed by atoms with E-state index in [2.05, 4.69) is 4.98 Å². The molecule has 0 spiro atoms. The fourth-order valence-electron chi connectivity index (χ4n) is 2.73. The third kappa shape index (κ3) is 3.20. The van der Waals surface area contributed by atoms with E-state index in [1.807, 2.05) is 18.2 Å². The molecule has 1 aromatic heterocycles. The number of nitrogens with zero attached hydrogens (tertiary/aromatic N) is 2. The van der Waals surface area contributed by atoms with Gasteiger partial charge in [-0.1, -0.05) is 66.2 Å². The van der Waals surface area contributed by atoms with Crippen molar-refractivity contribution in [2.75, 3.05) is 0 Å². The van der Waals surface area contributed by atoms with Gasteiger partial charge in [0.05, 0.1) is 21.5 Å². The highest BCUT2D eigenvalue weighted by Crippen LogP contribution is 2.19. The number of para-hydroxylation sites is 1. The number of hydrogen-bond acceptors (Lipinski definition) is 4. The van der Waals surface area contributed by atoms with E-state index in [1.165, 1.54) is 6.07 Å². The molecule has 0 saturated carbocycles. The topological polar surface area (TPSA) is 61.2 Å². The Balaban J connectivity index is 1.90. The predicted octanol–water partition coefficient (Wildman–Crippen LogP) is 3.99. The average Bonchev–Trinajstić information content (AvgIpc) is 2.71. The van der Waals surface area contributed by atoms with Crippen molar-refractivity contribution in [3.8, 4) is 11.4 Å². The molecule has 0 unspecified atom stereocenters. The average molecular weight is 377 g/mol. The van der Waals surface area contributed by atoms with Crippen LogP contribution in [0.1, 0.15) is 10.4 Å². The SMILES string of the molecule is O=C(On1c(-c2ccccc2)nc2ccccc2c1=O)c1ccccc1Cl. The molecule has 0 aliphatic carbocycles. The summed E-state index contributed by atoms with van der Waals surface area (Å²) in [5, 5.41) is 0.592. The predicted molar refractivity (Wildman–Crippen MR) is 104 cm³/mol. The highest BCUT2D eigenvalue weighted by molar-refractivity contribution is 6.33. The van der Waals surface area contributed by atoms with E-state index >= 15 is 0 Å². The van der Waals surface area contributed by atoms with Crippen molar-refractivity contribution in [3.63, 3.8) is 0 Å². The van der Waals surface area contributed by atoms with Crippen LogP contribution in [0.25, 0.3) is 22.3 Å². The van der Waals surface area contributed by atoms with Crippen LogP contribution in [0, 0.1) is 0 Å². The number of halogens is 1. The summed E-state index contributed by atoms with van der Waals surface area (Å²) in [6.07, 6.45) is 0. The van der Waals surface area contributed by atoms with E-state index in [1.54, 1.807) is 54.6 Å². The number of rotatable bonds is 3. The normalized spacial score (nSPS) is 10.7. The third-order valence-corrected chi connectivity index (χ3v) is 4.37. The lowest BCUT2D eigenvalue weighted by Crippen LogP contribution is -2.33. The number of hydrogen-bond donors (Lipinski definition) is 0. The molecule has 132 valence electrons. The molecule has 0 fully saturated rings. The molecule has 0 amide bonds. The van der Waals surface area contributed by atoms with Crippen molar-refractivity contribution in [1.29, 1.82) is 0 Å². The molecule has 0 saturated heterocycles. The maximum absolute atomic E-state index is 13.0. The van der Waals surface area contributed by atoms with E-state index < -0.39 is 11.5 Å². The van der Waals surface area contributed by atoms with Crippen molar-refractivity contribution < 1.29 is 9.63 Å². The van der Waals surface area contributed by atoms with Gasteiger partial charge in [-0.25, -0.2) is 9.78 Å². The van der Waals surface area contributed by atoms with Gasteiger partial charge in [-0.15, -0.1) is 4.73 Å². The van der Waals surface area contributed by atoms with E-state index in [0.717, 1.165) is 4.73 Å². The van der Waals surface area contributed by atoms with Crippen molar-refractivity contribution in [2.24, 2.45) is 0 Å². The van der Waals surface area contributed by atoms with Crippen LogP contribution in [-0.2, 0) is 0 Å². The first kappa shape index (κ1) is 17.0. The van der Waals surface area contributed by atoms with Gasteiger partial charge in [0.1, 0.15) is 0 Å². The van der Waals surface area contributed by atoms with Crippen LogP contribution in [-0.4, -0.2) is 15.7 Å². The first-order valence-corrected chi connectivity index (χ1v) is 8.57. The number of carbonyl (C=O) groups excluding carboxylic acids is 1. The summed E-state index contributed by atoms with van der Waals surface area (Å²) in [7, 11) is 0. The van der Waals surface area contributed by atoms with E-state index in [-0.39, 0.29) is 16.4 Å². The third-order valence-electron chi connectivity index (χ3n) is 4.04. The lowest BCUT2D eigenvalue weighted by molar-refractivity contribution is 0.0450. The fraction of sp³-hybridized carbons (Fsp3) is 0. The van der Waals surface area contributed by atoms with Crippen LogP contribution in [0.2, 0.25) is 5.02 Å². The summed E-state index contributed by atoms with van der Waals surface area (Å²) in [5.41, 5.74) is 0.858. The number of fused-ring (bicyclic) bond motifs is 1. The highest BCUT2D eigenvalue weighted by Gasteiger charge is 2.19. The molecule has 27 heavy (non-hydrogen) atoms. The first-order valence-electron chi connectivity index (χ1n) is 8.19. The van der Waals surface area contributed by atoms with Gasteiger partial charge in [0.25, 0.3) is 5.56 Å². The Bertz CT molecular complexity index is 1200. The molecule has 3 aromatic carbocycles. The van der Waals surface area contributed by atoms with E-state index in [9.17, 15) is 9.59 Å². The summed E-state index contributed by atoms with van der Waals surface area (Å²) in [6.45, 7) is 0. The Labute approximate surface area is 159 Å². The van der Waals surface area contributed by atoms with Gasteiger partial charge < -0.3 is 4.84 Å². The molecule has 4 rings (SSSR count). The van der Waals surface area contributed by atoms with Crippen molar-refractivity contribution in [2.45, 2.75) is 0 Å². The molecule has 0 radical (unpaired) electrons. The largest absolute Gasteiger partial charge is 0.365 e. The summed E-state index contributed by atoms with van der Waals surface area (Å²) >= 11 is 6.07. The molecule has 1 heterocycles. The van der Waals surface area contributed by atoms with Gasteiger partial charge >= 0.3 is 5.97 Å². The van der Waals surface area contributed by atoms with Crippen molar-refractivity contribution in [3.05, 3.63) is 99.8 Å². The maximum atomic E-state index is 13.0. The molecule has 4 aromatic rings. The summed E-state index contributed by atoms with van der Waals surface area (Å²) in [5.74, 6) is -0.503. The Morgan fingerprint density at radius 2 is 1.56 bits per heavy atom. The summed E-state index contributed by atoms with van der Waals surface area (Å²) in [4.78, 5) is 35.6. The molecule has 0 atom stereocenters. The highest BCUT2D eigenvalue weighted by atomic mass is 35.5. The van der Waals surface area contributed by atoms with Gasteiger partial charge in [0.2, 0.25) is 0 Å². The summed E-state index contributed by atoms with van der Waals surface area (Å²) in [6, 6.07) is 22.5. The molecular formula is C21H13ClN2O3. The van der Waals surface area contributed by atoms with Crippen LogP contribution < -0.4 is 10.4 Å². The Morgan fingerprint density at radius 3 is 2.33 bits per heavy atom. The van der Waals surface area contributed by atoms with Crippen LogP contribution >= 0.6 is 11.6 Å². The molecule has 0 bridgehead atoms. The van der Waals surface area contributed by atoms with Crippen LogP contribution in [0.4, 0.5) is 0 Å². The minimum absolute atomic E-state index is 0.165. The summed E-state index contributed by atoms with van der Waals surface area (Å²) < 4.78 is 0.920. The van der Waals surface area contributed by atoms with E-state index in [0.29, 0.717) is 16.5 Å². The second-order valence-corrected chi connectivity index (χ2v) is 6.18. The number of carbonyl (C=O) groups is 1. The lowest BCUT2D eigenvalue weighted by atomic mass is 10.2. The molecular weight excluding hydrogens is 364 g/mol. The minimum Gasteiger partial charge on any atom is -0.326 e. The van der Waals surface area contributed by atoms with Crippen LogP contribution in [0.15, 0.2) is 83.7 Å². The second-order valence-electron chi connectivity index (χ2n) is 5.78. The Hall–Kier alpha value is -3.44. The number of aromatic nitrogens is 2. The van der Waals surface area contributed by atoms with E-state index in [4.69, 9.17) is 16.4 Å². The minimum atomic E-state index is -0.739. The molecule has 0 aliphatic heterocycles.